The van der Waals surface area contributed by atoms with Crippen molar-refractivity contribution >= 4 is 28.3 Å². The number of fused-ring (bicyclic) bond motifs is 1. The molecule has 1 aromatic heterocycles. The van der Waals surface area contributed by atoms with Gasteiger partial charge in [0.1, 0.15) is 5.84 Å². The molecule has 1 amide bonds. The first-order valence-corrected chi connectivity index (χ1v) is 16.0. The normalized spacial score (nSPS) is 20.0. The molecule has 224 valence electrons. The number of carbonyl (C=O) groups excluding carboxylic acids is 1. The summed E-state index contributed by atoms with van der Waals surface area (Å²) in [5, 5.41) is 11.9. The third-order valence-corrected chi connectivity index (χ3v) is 9.50. The number of aromatic nitrogens is 1. The van der Waals surface area contributed by atoms with E-state index in [4.69, 9.17) is 11.1 Å². The first-order chi connectivity index (χ1) is 20.3. The molecule has 2 fully saturated rings. The average Bonchev–Trinajstić information content (AvgIpc) is 2.99. The molecule has 7 nitrogen and oxygen atoms in total. The quantitative estimate of drug-likeness (QED) is 0.140. The minimum atomic E-state index is -0.0581. The third kappa shape index (κ3) is 6.95. The predicted molar refractivity (Wildman–Crippen MR) is 173 cm³/mol. The average molecular weight is 570 g/mol. The highest BCUT2D eigenvalue weighted by Crippen LogP contribution is 2.28. The smallest absolute Gasteiger partial charge is 0.258 e. The summed E-state index contributed by atoms with van der Waals surface area (Å²) in [7, 11) is 0. The van der Waals surface area contributed by atoms with Gasteiger partial charge in [0.15, 0.2) is 0 Å². The van der Waals surface area contributed by atoms with E-state index in [1.54, 1.807) is 6.07 Å². The predicted octanol–water partition coefficient (Wildman–Crippen LogP) is 6.90. The van der Waals surface area contributed by atoms with Gasteiger partial charge >= 0.3 is 0 Å². The Balaban J connectivity index is 1.40. The van der Waals surface area contributed by atoms with Crippen molar-refractivity contribution in [1.82, 2.24) is 9.47 Å². The number of pyridine rings is 1. The van der Waals surface area contributed by atoms with E-state index in [2.05, 4.69) is 24.1 Å². The summed E-state index contributed by atoms with van der Waals surface area (Å²) >= 11 is 0. The SMILES string of the molecule is C[C@@H]1CCC[C@H](C)N1CCCCCn1c(=O)c(-c2cccc(C(=N)N)c2)cc2ccc(NC(=O)C3CCCCC3)cc21. The molecule has 7 heteroatoms. The number of carbonyl (C=O) groups is 1. The second kappa shape index (κ2) is 13.7. The number of hydrogen-bond donors (Lipinski definition) is 3. The van der Waals surface area contributed by atoms with Crippen LogP contribution in [0.3, 0.4) is 0 Å². The molecule has 2 heterocycles. The molecule has 2 atom stereocenters. The molecule has 0 unspecified atom stereocenters. The molecule has 2 aromatic carbocycles. The fourth-order valence-electron chi connectivity index (χ4n) is 7.00. The van der Waals surface area contributed by atoms with Crippen molar-refractivity contribution in [2.75, 3.05) is 11.9 Å². The van der Waals surface area contributed by atoms with Crippen LogP contribution >= 0.6 is 0 Å². The van der Waals surface area contributed by atoms with E-state index >= 15 is 0 Å². The van der Waals surface area contributed by atoms with Crippen molar-refractivity contribution in [3.63, 3.8) is 0 Å². The van der Waals surface area contributed by atoms with Gasteiger partial charge in [-0.3, -0.25) is 19.9 Å². The van der Waals surface area contributed by atoms with Crippen molar-refractivity contribution in [3.05, 3.63) is 64.4 Å². The summed E-state index contributed by atoms with van der Waals surface area (Å²) in [6.07, 6.45) is 12.3. The van der Waals surface area contributed by atoms with Crippen LogP contribution in [0.2, 0.25) is 0 Å². The second-order valence-electron chi connectivity index (χ2n) is 12.5. The number of nitrogens with two attached hydrogens (primary N) is 1. The van der Waals surface area contributed by atoms with Gasteiger partial charge in [-0.1, -0.05) is 56.4 Å². The zero-order chi connectivity index (χ0) is 29.6. The van der Waals surface area contributed by atoms with Crippen molar-refractivity contribution in [2.24, 2.45) is 11.7 Å². The third-order valence-electron chi connectivity index (χ3n) is 9.50. The van der Waals surface area contributed by atoms with E-state index in [0.29, 0.717) is 29.8 Å². The van der Waals surface area contributed by atoms with Crippen LogP contribution in [-0.2, 0) is 11.3 Å². The Hall–Kier alpha value is -3.45. The molecule has 0 bridgehead atoms. The number of anilines is 1. The van der Waals surface area contributed by atoms with Gasteiger partial charge in [0.2, 0.25) is 5.91 Å². The van der Waals surface area contributed by atoms with E-state index < -0.39 is 0 Å². The summed E-state index contributed by atoms with van der Waals surface area (Å²) < 4.78 is 1.88. The first-order valence-electron chi connectivity index (χ1n) is 16.0. The highest BCUT2D eigenvalue weighted by molar-refractivity contribution is 5.97. The van der Waals surface area contributed by atoms with E-state index in [0.717, 1.165) is 73.6 Å². The fraction of sp³-hybridized carbons (Fsp3) is 0.514. The molecule has 2 aliphatic rings. The number of benzene rings is 2. The number of rotatable bonds is 10. The lowest BCUT2D eigenvalue weighted by atomic mass is 9.88. The molecule has 4 N–H and O–H groups in total. The number of aryl methyl sites for hydroxylation is 1. The number of unbranched alkanes of at least 4 members (excludes halogenated alkanes) is 2. The molecule has 42 heavy (non-hydrogen) atoms. The van der Waals surface area contributed by atoms with Crippen molar-refractivity contribution in [2.45, 2.75) is 103 Å². The number of nitrogens with one attached hydrogen (secondary N) is 2. The molecule has 0 spiro atoms. The maximum atomic E-state index is 14.0. The maximum absolute atomic E-state index is 14.0. The number of hydrogen-bond acceptors (Lipinski definition) is 4. The van der Waals surface area contributed by atoms with Gasteiger partial charge in [-0.25, -0.2) is 0 Å². The molecule has 5 rings (SSSR count). The van der Waals surface area contributed by atoms with Crippen LogP contribution in [-0.4, -0.2) is 39.8 Å². The minimum Gasteiger partial charge on any atom is -0.384 e. The zero-order valence-corrected chi connectivity index (χ0v) is 25.3. The van der Waals surface area contributed by atoms with E-state index in [9.17, 15) is 9.59 Å². The number of likely N-dealkylation sites (tertiary alicyclic amines) is 1. The lowest BCUT2D eigenvalue weighted by Crippen LogP contribution is -2.44. The summed E-state index contributed by atoms with van der Waals surface area (Å²) in [5.74, 6) is 0.133. The van der Waals surface area contributed by atoms with Crippen molar-refractivity contribution < 1.29 is 4.79 Å². The second-order valence-corrected chi connectivity index (χ2v) is 12.5. The fourth-order valence-corrected chi connectivity index (χ4v) is 7.00. The van der Waals surface area contributed by atoms with Gasteiger partial charge in [0.25, 0.3) is 5.56 Å². The Labute approximate surface area is 250 Å². The van der Waals surface area contributed by atoms with Crippen LogP contribution in [0.1, 0.15) is 90.0 Å². The van der Waals surface area contributed by atoms with Crippen molar-refractivity contribution in [3.8, 4) is 11.1 Å². The molecular formula is C35H47N5O2. The number of amidine groups is 1. The van der Waals surface area contributed by atoms with Crippen LogP contribution in [0, 0.1) is 11.3 Å². The Morgan fingerprint density at radius 1 is 0.905 bits per heavy atom. The standard InChI is InChI=1S/C35H47N5O2/c1-24-11-9-12-25(2)39(24)19-7-4-8-20-40-32-23-30(38-34(41)26-13-5-3-6-14-26)18-17-28(32)22-31(35(40)42)27-15-10-16-29(21-27)33(36)37/h10,15-18,21-26H,3-9,11-14,19-20H2,1-2H3,(H3,36,37)(H,38,41)/t24-,25+. The summed E-state index contributed by atoms with van der Waals surface area (Å²) in [5.41, 5.74) is 9.23. The lowest BCUT2D eigenvalue weighted by Gasteiger charge is -2.39. The molecule has 0 radical (unpaired) electrons. The molecule has 1 aliphatic heterocycles. The topological polar surface area (TPSA) is 104 Å². The first kappa shape index (κ1) is 30.0. The van der Waals surface area contributed by atoms with Gasteiger partial charge < -0.3 is 15.6 Å². The van der Waals surface area contributed by atoms with Crippen molar-refractivity contribution in [1.29, 1.82) is 5.41 Å². The largest absolute Gasteiger partial charge is 0.384 e. The van der Waals surface area contributed by atoms with Gasteiger partial charge in [0.05, 0.1) is 5.52 Å². The summed E-state index contributed by atoms with van der Waals surface area (Å²) in [4.78, 5) is 29.7. The minimum absolute atomic E-state index is 0.0198. The maximum Gasteiger partial charge on any atom is 0.258 e. The van der Waals surface area contributed by atoms with Crippen LogP contribution in [0.4, 0.5) is 5.69 Å². The van der Waals surface area contributed by atoms with E-state index in [-0.39, 0.29) is 23.2 Å². The van der Waals surface area contributed by atoms with Crippen LogP contribution < -0.4 is 16.6 Å². The Morgan fingerprint density at radius 2 is 1.64 bits per heavy atom. The number of amides is 1. The monoisotopic (exact) mass is 569 g/mol. The van der Waals surface area contributed by atoms with Gasteiger partial charge in [-0.2, -0.15) is 0 Å². The molecule has 1 saturated carbocycles. The molecular weight excluding hydrogens is 522 g/mol. The number of nitrogens with zero attached hydrogens (tertiary/aromatic N) is 2. The number of piperidine rings is 1. The van der Waals surface area contributed by atoms with Gasteiger partial charge in [-0.05, 0) is 94.1 Å². The lowest BCUT2D eigenvalue weighted by molar-refractivity contribution is -0.120. The van der Waals surface area contributed by atoms with Crippen LogP contribution in [0.25, 0.3) is 22.0 Å². The number of nitrogen functional groups attached to an aromatic ring is 1. The highest BCUT2D eigenvalue weighted by atomic mass is 16.2. The molecule has 3 aromatic rings. The van der Waals surface area contributed by atoms with Gasteiger partial charge in [-0.15, -0.1) is 0 Å². The summed E-state index contributed by atoms with van der Waals surface area (Å²) in [6, 6.07) is 16.5. The Morgan fingerprint density at radius 3 is 2.38 bits per heavy atom. The molecule has 1 saturated heterocycles. The van der Waals surface area contributed by atoms with E-state index in [1.807, 2.05) is 47.0 Å². The highest BCUT2D eigenvalue weighted by Gasteiger charge is 2.24. The molecule has 1 aliphatic carbocycles. The van der Waals surface area contributed by atoms with Crippen LogP contribution in [0.5, 0.6) is 0 Å². The van der Waals surface area contributed by atoms with Crippen LogP contribution in [0.15, 0.2) is 53.3 Å². The zero-order valence-electron chi connectivity index (χ0n) is 25.3. The van der Waals surface area contributed by atoms with Gasteiger partial charge in [0, 0.05) is 41.4 Å². The summed E-state index contributed by atoms with van der Waals surface area (Å²) in [6.45, 7) is 6.41. The Kier molecular flexibility index (Phi) is 9.78. The van der Waals surface area contributed by atoms with E-state index in [1.165, 1.54) is 25.7 Å². The Bertz CT molecular complexity index is 1460.